The lowest BCUT2D eigenvalue weighted by Crippen LogP contribution is -2.29. The van der Waals surface area contributed by atoms with Crippen molar-refractivity contribution in [1.29, 1.82) is 0 Å². The Morgan fingerprint density at radius 1 is 0.818 bits per heavy atom. The first kappa shape index (κ1) is 30.3. The number of rotatable bonds is 11. The SMILES string of the molecule is C=C/C(=C\C)c1cc(C(=NCc2ccccc2)NC(N=C)c2cccc(/C(C=C)=C/C)c2)cc(-c2nc3ccccc3s2)c1. The number of allylic oxidation sites excluding steroid dienone is 6. The number of amidine groups is 1. The van der Waals surface area contributed by atoms with Gasteiger partial charge in [0.25, 0.3) is 0 Å². The van der Waals surface area contributed by atoms with E-state index in [0.29, 0.717) is 6.54 Å². The third kappa shape index (κ3) is 6.91. The molecule has 0 aliphatic heterocycles. The van der Waals surface area contributed by atoms with Gasteiger partial charge < -0.3 is 5.32 Å². The van der Waals surface area contributed by atoms with Crippen molar-refractivity contribution in [2.24, 2.45) is 9.98 Å². The zero-order chi connectivity index (χ0) is 30.9. The van der Waals surface area contributed by atoms with Crippen LogP contribution >= 0.6 is 11.3 Å². The summed E-state index contributed by atoms with van der Waals surface area (Å²) in [7, 11) is 0. The minimum atomic E-state index is -0.428. The summed E-state index contributed by atoms with van der Waals surface area (Å²) in [4.78, 5) is 14.6. The molecule has 1 heterocycles. The Morgan fingerprint density at radius 2 is 1.52 bits per heavy atom. The van der Waals surface area contributed by atoms with E-state index in [-0.39, 0.29) is 0 Å². The molecular weight excluding hydrogens is 557 g/mol. The average Bonchev–Trinajstić information content (AvgIpc) is 3.51. The van der Waals surface area contributed by atoms with Gasteiger partial charge in [0, 0.05) is 11.1 Å². The largest absolute Gasteiger partial charge is 0.345 e. The highest BCUT2D eigenvalue weighted by molar-refractivity contribution is 7.21. The monoisotopic (exact) mass is 592 g/mol. The van der Waals surface area contributed by atoms with Gasteiger partial charge in [-0.1, -0.05) is 98.1 Å². The van der Waals surface area contributed by atoms with Gasteiger partial charge >= 0.3 is 0 Å². The van der Waals surface area contributed by atoms with Crippen molar-refractivity contribution in [1.82, 2.24) is 10.3 Å². The van der Waals surface area contributed by atoms with E-state index in [1.807, 2.05) is 62.4 Å². The van der Waals surface area contributed by atoms with Gasteiger partial charge in [-0.05, 0) is 90.4 Å². The Morgan fingerprint density at radius 3 is 2.23 bits per heavy atom. The number of thiazole rings is 1. The van der Waals surface area contributed by atoms with Gasteiger partial charge in [-0.25, -0.2) is 4.98 Å². The molecule has 1 N–H and O–H groups in total. The molecule has 1 aromatic heterocycles. The minimum absolute atomic E-state index is 0.428. The fourth-order valence-corrected chi connectivity index (χ4v) is 6.03. The topological polar surface area (TPSA) is 49.6 Å². The third-order valence-corrected chi connectivity index (χ3v) is 8.48. The Labute approximate surface area is 264 Å². The average molecular weight is 593 g/mol. The van der Waals surface area contributed by atoms with Crippen LogP contribution in [0.3, 0.4) is 0 Å². The highest BCUT2D eigenvalue weighted by Gasteiger charge is 2.17. The summed E-state index contributed by atoms with van der Waals surface area (Å²) in [6.45, 7) is 16.5. The van der Waals surface area contributed by atoms with E-state index in [4.69, 9.17) is 9.98 Å². The van der Waals surface area contributed by atoms with Crippen LogP contribution in [-0.2, 0) is 6.54 Å². The summed E-state index contributed by atoms with van der Waals surface area (Å²) in [5.41, 5.74) is 9.23. The number of aromatic nitrogens is 1. The number of benzene rings is 4. The number of hydrogen-bond donors (Lipinski definition) is 1. The highest BCUT2D eigenvalue weighted by Crippen LogP contribution is 2.33. The molecule has 0 aliphatic rings. The number of fused-ring (bicyclic) bond motifs is 1. The van der Waals surface area contributed by atoms with E-state index in [2.05, 4.69) is 103 Å². The van der Waals surface area contributed by atoms with Crippen LogP contribution in [0.15, 0.2) is 145 Å². The van der Waals surface area contributed by atoms with E-state index in [0.717, 1.165) is 65.6 Å². The molecule has 4 aromatic carbocycles. The maximum absolute atomic E-state index is 5.12. The van der Waals surface area contributed by atoms with E-state index in [9.17, 15) is 0 Å². The lowest BCUT2D eigenvalue weighted by atomic mass is 9.98. The number of nitrogens with zero attached hydrogens (tertiary/aromatic N) is 3. The molecule has 0 spiro atoms. The second kappa shape index (κ2) is 14.4. The van der Waals surface area contributed by atoms with Crippen molar-refractivity contribution in [3.05, 3.63) is 162 Å². The Hall–Kier alpha value is -5.13. The fraction of sp³-hybridized carbons (Fsp3) is 0.103. The fourth-order valence-electron chi connectivity index (χ4n) is 5.08. The first-order chi connectivity index (χ1) is 21.6. The predicted molar refractivity (Wildman–Crippen MR) is 191 cm³/mol. The molecule has 0 amide bonds. The number of aliphatic imine (C=N–C) groups is 2. The van der Waals surface area contributed by atoms with Gasteiger partial charge in [0.1, 0.15) is 17.0 Å². The van der Waals surface area contributed by atoms with Gasteiger partial charge in [-0.15, -0.1) is 11.3 Å². The molecule has 0 fully saturated rings. The molecule has 0 saturated heterocycles. The normalized spacial score (nSPS) is 13.0. The summed E-state index contributed by atoms with van der Waals surface area (Å²) >= 11 is 1.68. The van der Waals surface area contributed by atoms with E-state index < -0.39 is 6.17 Å². The van der Waals surface area contributed by atoms with Crippen molar-refractivity contribution >= 4 is 45.3 Å². The molecule has 5 heteroatoms. The van der Waals surface area contributed by atoms with Crippen LogP contribution < -0.4 is 5.32 Å². The molecule has 1 unspecified atom stereocenters. The van der Waals surface area contributed by atoms with E-state index in [1.54, 1.807) is 11.3 Å². The molecule has 218 valence electrons. The van der Waals surface area contributed by atoms with E-state index >= 15 is 0 Å². The molecule has 0 aliphatic carbocycles. The zero-order valence-corrected chi connectivity index (χ0v) is 26.0. The quantitative estimate of drug-likeness (QED) is 0.0942. The number of para-hydroxylation sites is 1. The molecule has 0 bridgehead atoms. The van der Waals surface area contributed by atoms with Crippen LogP contribution in [0.5, 0.6) is 0 Å². The van der Waals surface area contributed by atoms with Crippen LogP contribution in [0, 0.1) is 0 Å². The van der Waals surface area contributed by atoms with Crippen molar-refractivity contribution < 1.29 is 0 Å². The van der Waals surface area contributed by atoms with E-state index in [1.165, 1.54) is 0 Å². The molecule has 5 aromatic rings. The van der Waals surface area contributed by atoms with Crippen LogP contribution in [0.4, 0.5) is 0 Å². The van der Waals surface area contributed by atoms with Gasteiger partial charge in [0.2, 0.25) is 0 Å². The van der Waals surface area contributed by atoms with Crippen molar-refractivity contribution in [2.45, 2.75) is 26.6 Å². The molecule has 0 radical (unpaired) electrons. The van der Waals surface area contributed by atoms with Gasteiger partial charge in [0.05, 0.1) is 16.8 Å². The summed E-state index contributed by atoms with van der Waals surface area (Å²) < 4.78 is 1.15. The molecule has 5 rings (SSSR count). The molecule has 0 saturated carbocycles. The standard InChI is InChI=1S/C39H36N4S/c1-6-28(7-2)30-18-15-19-31(22-30)37(40-5)43-38(41-26-27-16-11-10-12-17-27)33-23-32(29(8-3)9-4)24-34(25-33)39-42-35-20-13-14-21-36(35)44-39/h6-25,37H,1,3,5,26H2,2,4H3,(H,41,43)/b28-7+,29-9+. The van der Waals surface area contributed by atoms with Crippen LogP contribution in [0.25, 0.3) is 31.9 Å². The lowest BCUT2D eigenvalue weighted by Gasteiger charge is -2.20. The first-order valence-electron chi connectivity index (χ1n) is 14.6. The predicted octanol–water partition coefficient (Wildman–Crippen LogP) is 10.1. The van der Waals surface area contributed by atoms with Gasteiger partial charge in [0.15, 0.2) is 0 Å². The highest BCUT2D eigenvalue weighted by atomic mass is 32.1. The summed E-state index contributed by atoms with van der Waals surface area (Å²) in [5.74, 6) is 0.718. The Kier molecular flexibility index (Phi) is 9.90. The maximum Gasteiger partial charge on any atom is 0.145 e. The van der Waals surface area contributed by atoms with Crippen LogP contribution in [0.2, 0.25) is 0 Å². The van der Waals surface area contributed by atoms with Crippen molar-refractivity contribution in [2.75, 3.05) is 0 Å². The number of nitrogens with one attached hydrogen (secondary N) is 1. The second-order valence-electron chi connectivity index (χ2n) is 10.2. The molecule has 1 atom stereocenters. The van der Waals surface area contributed by atoms with Crippen LogP contribution in [0.1, 0.15) is 47.8 Å². The minimum Gasteiger partial charge on any atom is -0.345 e. The van der Waals surface area contributed by atoms with Gasteiger partial charge in [-0.3, -0.25) is 9.98 Å². The van der Waals surface area contributed by atoms with Crippen LogP contribution in [-0.4, -0.2) is 17.5 Å². The maximum atomic E-state index is 5.12. The molecule has 44 heavy (non-hydrogen) atoms. The number of hydrogen-bond acceptors (Lipinski definition) is 4. The van der Waals surface area contributed by atoms with Crippen molar-refractivity contribution in [3.8, 4) is 10.6 Å². The van der Waals surface area contributed by atoms with Gasteiger partial charge in [-0.2, -0.15) is 0 Å². The summed E-state index contributed by atoms with van der Waals surface area (Å²) in [6.07, 6.45) is 7.44. The zero-order valence-electron chi connectivity index (χ0n) is 25.2. The third-order valence-electron chi connectivity index (χ3n) is 7.40. The summed E-state index contributed by atoms with van der Waals surface area (Å²) in [6, 6.07) is 33.2. The molecular formula is C39H36N4S. The first-order valence-corrected chi connectivity index (χ1v) is 15.4. The smallest absolute Gasteiger partial charge is 0.145 e. The Balaban J connectivity index is 1.64. The lowest BCUT2D eigenvalue weighted by molar-refractivity contribution is 0.686. The second-order valence-corrected chi connectivity index (χ2v) is 11.2. The van der Waals surface area contributed by atoms with Crippen molar-refractivity contribution in [3.63, 3.8) is 0 Å². The Bertz CT molecular complexity index is 1860. The summed E-state index contributed by atoms with van der Waals surface area (Å²) in [5, 5.41) is 4.58. The molecule has 4 nitrogen and oxygen atoms in total.